The zero-order valence-corrected chi connectivity index (χ0v) is 5.70. The molecule has 0 aliphatic carbocycles. The molecule has 4 heteroatoms. The minimum absolute atomic E-state index is 1.64. The van der Waals surface area contributed by atoms with Gasteiger partial charge in [0.2, 0.25) is 0 Å². The average molecular weight is 124 g/mol. The fourth-order valence-corrected chi connectivity index (χ4v) is 0. The van der Waals surface area contributed by atoms with Crippen LogP contribution in [-0.4, -0.2) is 13.4 Å². The van der Waals surface area contributed by atoms with E-state index in [1.165, 1.54) is 0 Å². The molecule has 0 unspecified atom stereocenters. The van der Waals surface area contributed by atoms with E-state index in [9.17, 15) is 0 Å². The summed E-state index contributed by atoms with van der Waals surface area (Å²) < 4.78 is 4.33. The van der Waals surface area contributed by atoms with Gasteiger partial charge in [0, 0.05) is 0 Å². The summed E-state index contributed by atoms with van der Waals surface area (Å²) in [5, 5.41) is 0. The summed E-state index contributed by atoms with van der Waals surface area (Å²) >= 11 is 3.41. The number of hydrogen-bond donors (Lipinski definition) is 2. The van der Waals surface area contributed by atoms with E-state index >= 15 is 0 Å². The van der Waals surface area contributed by atoms with Crippen LogP contribution in [0.2, 0.25) is 13.1 Å². The van der Waals surface area contributed by atoms with Crippen molar-refractivity contribution in [2.24, 2.45) is 0 Å². The maximum absolute atomic E-state index is 8.67. The van der Waals surface area contributed by atoms with Gasteiger partial charge in [0.05, 0.1) is 0 Å². The highest BCUT2D eigenvalue weighted by atomic mass is 32.1. The summed E-state index contributed by atoms with van der Waals surface area (Å²) in [6, 6.07) is 0. The van der Waals surface area contributed by atoms with E-state index in [4.69, 9.17) is 4.80 Å². The Kier molecular flexibility index (Phi) is 2.13. The lowest BCUT2D eigenvalue weighted by atomic mass is 11.9. The molecular formula is C2H8O2SSi. The predicted octanol–water partition coefficient (Wildman–Crippen LogP) is 0.542. The first-order valence-electron chi connectivity index (χ1n) is 1.61. The summed E-state index contributed by atoms with van der Waals surface area (Å²) in [5.74, 6) is 0. The van der Waals surface area contributed by atoms with Gasteiger partial charge in [-0.3, -0.25) is 0 Å². The van der Waals surface area contributed by atoms with Crippen LogP contribution < -0.4 is 0 Å². The molecule has 0 aromatic heterocycles. The summed E-state index contributed by atoms with van der Waals surface area (Å²) in [7, 11) is -2.27. The Morgan fingerprint density at radius 2 is 1.83 bits per heavy atom. The molecule has 0 aliphatic rings. The van der Waals surface area contributed by atoms with Gasteiger partial charge in [0.25, 0.3) is 0 Å². The first kappa shape index (κ1) is 6.49. The summed E-state index contributed by atoms with van der Waals surface area (Å²) in [6.07, 6.45) is 0. The zero-order chi connectivity index (χ0) is 5.21. The van der Waals surface area contributed by atoms with Gasteiger partial charge < -0.3 is 8.67 Å². The Bertz CT molecular complexity index is 41.3. The van der Waals surface area contributed by atoms with Crippen molar-refractivity contribution in [1.82, 2.24) is 0 Å². The SMILES string of the molecule is C[Si](C)(O)OS. The van der Waals surface area contributed by atoms with Gasteiger partial charge in [-0.2, -0.15) is 0 Å². The van der Waals surface area contributed by atoms with Crippen LogP contribution in [0, 0.1) is 0 Å². The van der Waals surface area contributed by atoms with E-state index in [2.05, 4.69) is 16.8 Å². The van der Waals surface area contributed by atoms with E-state index in [0.29, 0.717) is 0 Å². The molecule has 0 rings (SSSR count). The minimum atomic E-state index is -2.27. The third-order valence-electron chi connectivity index (χ3n) is 0.223. The van der Waals surface area contributed by atoms with Crippen molar-refractivity contribution in [1.29, 1.82) is 0 Å². The quantitative estimate of drug-likeness (QED) is 0.303. The van der Waals surface area contributed by atoms with Crippen molar-refractivity contribution in [3.05, 3.63) is 0 Å². The molecule has 1 N–H and O–H groups in total. The van der Waals surface area contributed by atoms with Crippen LogP contribution >= 0.6 is 12.9 Å². The van der Waals surface area contributed by atoms with Crippen molar-refractivity contribution >= 4 is 21.5 Å². The fraction of sp³-hybridized carbons (Fsp3) is 1.00. The van der Waals surface area contributed by atoms with E-state index in [1.54, 1.807) is 13.1 Å². The Morgan fingerprint density at radius 3 is 1.83 bits per heavy atom. The molecule has 0 radical (unpaired) electrons. The second kappa shape index (κ2) is 1.97. The molecule has 0 saturated heterocycles. The number of thiol groups is 1. The fourth-order valence-electron chi connectivity index (χ4n) is 0. The third-order valence-corrected chi connectivity index (χ3v) is 2.01. The van der Waals surface area contributed by atoms with Crippen molar-refractivity contribution in [2.45, 2.75) is 13.1 Å². The van der Waals surface area contributed by atoms with Gasteiger partial charge in [-0.1, -0.05) is 0 Å². The summed E-state index contributed by atoms with van der Waals surface area (Å²) in [4.78, 5) is 8.67. The molecule has 0 spiro atoms. The normalized spacial score (nSPS) is 12.0. The zero-order valence-electron chi connectivity index (χ0n) is 3.80. The summed E-state index contributed by atoms with van der Waals surface area (Å²) in [6.45, 7) is 3.28. The number of rotatable bonds is 1. The largest absolute Gasteiger partial charge is 0.410 e. The lowest BCUT2D eigenvalue weighted by Crippen LogP contribution is -2.25. The van der Waals surface area contributed by atoms with Gasteiger partial charge >= 0.3 is 8.56 Å². The van der Waals surface area contributed by atoms with Crippen LogP contribution in [0.4, 0.5) is 0 Å². The molecule has 0 amide bonds. The first-order valence-corrected chi connectivity index (χ1v) is 4.83. The van der Waals surface area contributed by atoms with Crippen LogP contribution in [0.5, 0.6) is 0 Å². The summed E-state index contributed by atoms with van der Waals surface area (Å²) in [5.41, 5.74) is 0. The van der Waals surface area contributed by atoms with Crippen LogP contribution in [-0.2, 0) is 3.87 Å². The van der Waals surface area contributed by atoms with Crippen LogP contribution in [0.3, 0.4) is 0 Å². The maximum Gasteiger partial charge on any atom is 0.341 e. The maximum atomic E-state index is 8.67. The van der Waals surface area contributed by atoms with Gasteiger partial charge in [0.1, 0.15) is 0 Å². The molecule has 0 bridgehead atoms. The molecule has 2 nitrogen and oxygen atoms in total. The highest BCUT2D eigenvalue weighted by Crippen LogP contribution is 1.98. The predicted molar refractivity (Wildman–Crippen MR) is 29.8 cm³/mol. The van der Waals surface area contributed by atoms with Crippen molar-refractivity contribution < 1.29 is 8.67 Å². The molecule has 38 valence electrons. The van der Waals surface area contributed by atoms with E-state index in [1.807, 2.05) is 0 Å². The number of hydrogen-bond acceptors (Lipinski definition) is 3. The van der Waals surface area contributed by atoms with E-state index < -0.39 is 8.56 Å². The Hall–Kier alpha value is 0.487. The Labute approximate surface area is 44.0 Å². The molecule has 6 heavy (non-hydrogen) atoms. The van der Waals surface area contributed by atoms with Crippen LogP contribution in [0.25, 0.3) is 0 Å². The molecule has 0 aliphatic heterocycles. The molecule has 0 aromatic carbocycles. The first-order chi connectivity index (χ1) is 2.56. The minimum Gasteiger partial charge on any atom is -0.410 e. The molecule has 0 fully saturated rings. The molecular weight excluding hydrogens is 116 g/mol. The average Bonchev–Trinajstić information content (AvgIpc) is 1.35. The second-order valence-corrected chi connectivity index (χ2v) is 5.16. The van der Waals surface area contributed by atoms with Gasteiger partial charge in [0.15, 0.2) is 0 Å². The van der Waals surface area contributed by atoms with Crippen LogP contribution in [0.15, 0.2) is 0 Å². The monoisotopic (exact) mass is 124 g/mol. The lowest BCUT2D eigenvalue weighted by Gasteiger charge is -2.06. The highest BCUT2D eigenvalue weighted by molar-refractivity contribution is 7.76. The third kappa shape index (κ3) is 4.49. The van der Waals surface area contributed by atoms with Crippen molar-refractivity contribution in [3.8, 4) is 0 Å². The standard InChI is InChI=1S/C2H8O2SSi/c1-6(2,3)4-5/h3,5H,1-2H3. The molecule has 0 aromatic rings. The molecule has 0 atom stereocenters. The van der Waals surface area contributed by atoms with E-state index in [0.717, 1.165) is 0 Å². The van der Waals surface area contributed by atoms with Crippen LogP contribution in [0.1, 0.15) is 0 Å². The highest BCUT2D eigenvalue weighted by Gasteiger charge is 2.15. The van der Waals surface area contributed by atoms with Gasteiger partial charge in [-0.25, -0.2) is 0 Å². The van der Waals surface area contributed by atoms with Crippen molar-refractivity contribution in [3.63, 3.8) is 0 Å². The van der Waals surface area contributed by atoms with Gasteiger partial charge in [-0.05, 0) is 26.0 Å². The Balaban J connectivity index is 3.17. The smallest absolute Gasteiger partial charge is 0.341 e. The lowest BCUT2D eigenvalue weighted by molar-refractivity contribution is 0.428. The molecule has 0 heterocycles. The van der Waals surface area contributed by atoms with Gasteiger partial charge in [-0.15, -0.1) is 0 Å². The van der Waals surface area contributed by atoms with Crippen molar-refractivity contribution in [2.75, 3.05) is 0 Å². The second-order valence-electron chi connectivity index (χ2n) is 1.54. The molecule has 0 saturated carbocycles. The Morgan fingerprint density at radius 1 is 1.67 bits per heavy atom. The van der Waals surface area contributed by atoms with E-state index in [-0.39, 0.29) is 0 Å². The topological polar surface area (TPSA) is 29.5 Å².